The Labute approximate surface area is 224 Å². The first-order valence-electron chi connectivity index (χ1n) is 12.1. The van der Waals surface area contributed by atoms with Crippen LogP contribution >= 0.6 is 11.6 Å². The van der Waals surface area contributed by atoms with E-state index in [1.165, 1.54) is 23.1 Å². The monoisotopic (exact) mass is 541 g/mol. The predicted octanol–water partition coefficient (Wildman–Crippen LogP) is 4.44. The van der Waals surface area contributed by atoms with Crippen LogP contribution < -0.4 is 9.62 Å². The highest BCUT2D eigenvalue weighted by molar-refractivity contribution is 7.92. The molecule has 37 heavy (non-hydrogen) atoms. The lowest BCUT2D eigenvalue weighted by molar-refractivity contribution is -0.138. The molecule has 2 amide bonds. The minimum absolute atomic E-state index is 0.0542. The number of benzene rings is 3. The second-order valence-electron chi connectivity index (χ2n) is 8.70. The number of aryl methyl sites for hydroxylation is 1. The van der Waals surface area contributed by atoms with Gasteiger partial charge in [0.15, 0.2) is 0 Å². The van der Waals surface area contributed by atoms with Crippen molar-refractivity contribution in [1.29, 1.82) is 0 Å². The maximum absolute atomic E-state index is 13.7. The van der Waals surface area contributed by atoms with Crippen molar-refractivity contribution in [2.24, 2.45) is 0 Å². The SMILES string of the molecule is CCNC(=O)[C@H](C)N(CCc1ccccc1)C(=O)CN(c1cccc(Cl)c1)S(=O)(=O)c1ccc(C)cc1. The van der Waals surface area contributed by atoms with Crippen LogP contribution in [0.3, 0.4) is 0 Å². The van der Waals surface area contributed by atoms with Gasteiger partial charge in [0.2, 0.25) is 11.8 Å². The number of hydrogen-bond donors (Lipinski definition) is 1. The molecule has 0 heterocycles. The third-order valence-corrected chi connectivity index (χ3v) is 8.01. The van der Waals surface area contributed by atoms with E-state index in [0.717, 1.165) is 15.4 Å². The van der Waals surface area contributed by atoms with Crippen molar-refractivity contribution in [1.82, 2.24) is 10.2 Å². The zero-order valence-corrected chi connectivity index (χ0v) is 22.8. The Bertz CT molecular complexity index is 1310. The van der Waals surface area contributed by atoms with Crippen LogP contribution in [0.5, 0.6) is 0 Å². The topological polar surface area (TPSA) is 86.8 Å². The summed E-state index contributed by atoms with van der Waals surface area (Å²) in [6, 6.07) is 21.6. The first kappa shape index (κ1) is 28.2. The van der Waals surface area contributed by atoms with E-state index >= 15 is 0 Å². The van der Waals surface area contributed by atoms with Gasteiger partial charge in [0, 0.05) is 18.1 Å². The summed E-state index contributed by atoms with van der Waals surface area (Å²) < 4.78 is 28.5. The lowest BCUT2D eigenvalue weighted by Crippen LogP contribution is -2.52. The second kappa shape index (κ2) is 12.7. The van der Waals surface area contributed by atoms with Gasteiger partial charge in [-0.1, -0.05) is 65.7 Å². The largest absolute Gasteiger partial charge is 0.355 e. The van der Waals surface area contributed by atoms with E-state index in [2.05, 4.69) is 5.32 Å². The van der Waals surface area contributed by atoms with Crippen molar-refractivity contribution in [3.05, 3.63) is 95.0 Å². The zero-order chi connectivity index (χ0) is 27.0. The highest BCUT2D eigenvalue weighted by atomic mass is 35.5. The van der Waals surface area contributed by atoms with Crippen molar-refractivity contribution < 1.29 is 18.0 Å². The number of likely N-dealkylation sites (N-methyl/N-ethyl adjacent to an activating group) is 1. The fourth-order valence-corrected chi connectivity index (χ4v) is 5.48. The molecule has 1 N–H and O–H groups in total. The van der Waals surface area contributed by atoms with E-state index in [1.54, 1.807) is 44.2 Å². The minimum atomic E-state index is -4.11. The summed E-state index contributed by atoms with van der Waals surface area (Å²) >= 11 is 6.18. The Kier molecular flexibility index (Phi) is 9.72. The number of nitrogens with one attached hydrogen (secondary N) is 1. The van der Waals surface area contributed by atoms with E-state index in [9.17, 15) is 18.0 Å². The number of carbonyl (C=O) groups excluding carboxylic acids is 2. The Morgan fingerprint density at radius 1 is 0.973 bits per heavy atom. The van der Waals surface area contributed by atoms with E-state index in [0.29, 0.717) is 18.0 Å². The summed E-state index contributed by atoms with van der Waals surface area (Å²) in [5.41, 5.74) is 2.17. The smallest absolute Gasteiger partial charge is 0.264 e. The van der Waals surface area contributed by atoms with Crippen molar-refractivity contribution in [2.45, 2.75) is 38.1 Å². The summed E-state index contributed by atoms with van der Waals surface area (Å²) in [7, 11) is -4.11. The Morgan fingerprint density at radius 3 is 2.27 bits per heavy atom. The van der Waals surface area contributed by atoms with Crippen LogP contribution in [0.2, 0.25) is 5.02 Å². The van der Waals surface area contributed by atoms with Crippen molar-refractivity contribution in [3.8, 4) is 0 Å². The Hall–Kier alpha value is -3.36. The van der Waals surface area contributed by atoms with Gasteiger partial charge in [0.05, 0.1) is 10.6 Å². The summed E-state index contributed by atoms with van der Waals surface area (Å²) in [6.07, 6.45) is 0.512. The van der Waals surface area contributed by atoms with Crippen molar-refractivity contribution in [3.63, 3.8) is 0 Å². The van der Waals surface area contributed by atoms with Crippen LogP contribution in [0, 0.1) is 6.92 Å². The summed E-state index contributed by atoms with van der Waals surface area (Å²) in [5.74, 6) is -0.801. The number of carbonyl (C=O) groups is 2. The first-order chi connectivity index (χ1) is 17.6. The fourth-order valence-electron chi connectivity index (χ4n) is 3.89. The minimum Gasteiger partial charge on any atom is -0.355 e. The third-order valence-electron chi connectivity index (χ3n) is 5.99. The molecule has 3 aromatic carbocycles. The molecular weight excluding hydrogens is 510 g/mol. The number of amides is 2. The predicted molar refractivity (Wildman–Crippen MR) is 147 cm³/mol. The summed E-state index contributed by atoms with van der Waals surface area (Å²) in [4.78, 5) is 27.9. The van der Waals surface area contributed by atoms with E-state index in [-0.39, 0.29) is 23.0 Å². The molecule has 0 spiro atoms. The van der Waals surface area contributed by atoms with Gasteiger partial charge < -0.3 is 10.2 Å². The standard InChI is InChI=1S/C28H32ClN3O4S/c1-4-30-28(34)22(3)31(18-17-23-9-6-5-7-10-23)27(33)20-32(25-12-8-11-24(29)19-25)37(35,36)26-15-13-21(2)14-16-26/h5-16,19,22H,4,17-18,20H2,1-3H3,(H,30,34)/t22-/m0/s1. The van der Waals surface area contributed by atoms with Crippen molar-refractivity contribution in [2.75, 3.05) is 23.9 Å². The quantitative estimate of drug-likeness (QED) is 0.389. The number of anilines is 1. The molecule has 0 aromatic heterocycles. The summed E-state index contributed by atoms with van der Waals surface area (Å²) in [6.45, 7) is 5.48. The van der Waals surface area contributed by atoms with Crippen LogP contribution in [-0.2, 0) is 26.0 Å². The molecule has 3 aromatic rings. The van der Waals surface area contributed by atoms with Gasteiger partial charge in [0.25, 0.3) is 10.0 Å². The van der Waals surface area contributed by atoms with Crippen LogP contribution in [0.1, 0.15) is 25.0 Å². The van der Waals surface area contributed by atoms with Crippen LogP contribution in [-0.4, -0.2) is 50.8 Å². The summed E-state index contributed by atoms with van der Waals surface area (Å²) in [5, 5.41) is 3.09. The molecule has 0 aliphatic heterocycles. The van der Waals surface area contributed by atoms with Gasteiger partial charge >= 0.3 is 0 Å². The van der Waals surface area contributed by atoms with Crippen LogP contribution in [0.4, 0.5) is 5.69 Å². The van der Waals surface area contributed by atoms with Gasteiger partial charge in [-0.25, -0.2) is 8.42 Å². The number of rotatable bonds is 11. The molecule has 3 rings (SSSR count). The fraction of sp³-hybridized carbons (Fsp3) is 0.286. The molecular formula is C28H32ClN3O4S. The van der Waals surface area contributed by atoms with Crippen LogP contribution in [0.25, 0.3) is 0 Å². The highest BCUT2D eigenvalue weighted by Gasteiger charge is 2.32. The lowest BCUT2D eigenvalue weighted by Gasteiger charge is -2.32. The van der Waals surface area contributed by atoms with Gasteiger partial charge in [0.1, 0.15) is 12.6 Å². The average Bonchev–Trinajstić information content (AvgIpc) is 2.88. The molecule has 0 aliphatic rings. The number of nitrogens with zero attached hydrogens (tertiary/aromatic N) is 2. The van der Waals surface area contributed by atoms with Gasteiger partial charge in [-0.2, -0.15) is 0 Å². The number of halogens is 1. The normalized spacial score (nSPS) is 12.0. The Morgan fingerprint density at radius 2 is 1.65 bits per heavy atom. The molecule has 9 heteroatoms. The third kappa shape index (κ3) is 7.33. The number of hydrogen-bond acceptors (Lipinski definition) is 4. The lowest BCUT2D eigenvalue weighted by atomic mass is 10.1. The van der Waals surface area contributed by atoms with Crippen molar-refractivity contribution >= 4 is 39.1 Å². The molecule has 0 bridgehead atoms. The second-order valence-corrected chi connectivity index (χ2v) is 11.0. The molecule has 0 fully saturated rings. The molecule has 7 nitrogen and oxygen atoms in total. The highest BCUT2D eigenvalue weighted by Crippen LogP contribution is 2.27. The molecule has 0 saturated heterocycles. The number of sulfonamides is 1. The molecule has 0 saturated carbocycles. The average molecular weight is 542 g/mol. The zero-order valence-electron chi connectivity index (χ0n) is 21.2. The van der Waals surface area contributed by atoms with Gasteiger partial charge in [-0.05, 0) is 63.1 Å². The Balaban J connectivity index is 1.97. The van der Waals surface area contributed by atoms with Gasteiger partial charge in [-0.15, -0.1) is 0 Å². The maximum Gasteiger partial charge on any atom is 0.264 e. The molecule has 0 radical (unpaired) electrons. The van der Waals surface area contributed by atoms with E-state index in [4.69, 9.17) is 11.6 Å². The molecule has 196 valence electrons. The first-order valence-corrected chi connectivity index (χ1v) is 13.9. The molecule has 0 unspecified atom stereocenters. The molecule has 1 atom stereocenters. The maximum atomic E-state index is 13.7. The molecule has 0 aliphatic carbocycles. The van der Waals surface area contributed by atoms with Crippen LogP contribution in [0.15, 0.2) is 83.8 Å². The van der Waals surface area contributed by atoms with Gasteiger partial charge in [-0.3, -0.25) is 13.9 Å². The van der Waals surface area contributed by atoms with E-state index in [1.807, 2.05) is 37.3 Å². The van der Waals surface area contributed by atoms with E-state index < -0.39 is 28.5 Å².